The fourth-order valence-electron chi connectivity index (χ4n) is 1.88. The van der Waals surface area contributed by atoms with Gasteiger partial charge in [0, 0.05) is 5.56 Å². The first-order valence-corrected chi connectivity index (χ1v) is 5.39. The van der Waals surface area contributed by atoms with Gasteiger partial charge in [0.15, 0.2) is 0 Å². The Morgan fingerprint density at radius 3 is 2.53 bits per heavy atom. The van der Waals surface area contributed by atoms with Crippen LogP contribution in [0.5, 0.6) is 0 Å². The molecule has 0 spiro atoms. The van der Waals surface area contributed by atoms with E-state index in [0.29, 0.717) is 11.1 Å². The predicted molar refractivity (Wildman–Crippen MR) is 66.0 cm³/mol. The summed E-state index contributed by atoms with van der Waals surface area (Å²) in [5.74, 6) is -0.320. The van der Waals surface area contributed by atoms with Crippen LogP contribution in [0.4, 0.5) is 4.39 Å². The van der Waals surface area contributed by atoms with Crippen LogP contribution in [-0.2, 0) is 0 Å². The second-order valence-electron chi connectivity index (χ2n) is 4.05. The maximum atomic E-state index is 13.3. The summed E-state index contributed by atoms with van der Waals surface area (Å²) in [6.45, 7) is 3.99. The topological polar surface area (TPSA) is 23.8 Å². The summed E-state index contributed by atoms with van der Waals surface area (Å²) < 4.78 is 13.3. The van der Waals surface area contributed by atoms with Crippen LogP contribution in [0.1, 0.15) is 16.7 Å². The van der Waals surface area contributed by atoms with Crippen LogP contribution in [0.15, 0.2) is 36.4 Å². The first-order valence-electron chi connectivity index (χ1n) is 5.39. The minimum Gasteiger partial charge on any atom is -0.207 e. The SMILES string of the molecule is Cc1cccc(-c2cc(F)ccc2C#N)c1C. The molecule has 0 aliphatic carbocycles. The molecule has 84 valence electrons. The van der Waals surface area contributed by atoms with E-state index in [1.54, 1.807) is 0 Å². The van der Waals surface area contributed by atoms with Gasteiger partial charge in [-0.1, -0.05) is 18.2 Å². The first-order chi connectivity index (χ1) is 8.13. The molecule has 2 rings (SSSR count). The fraction of sp³-hybridized carbons (Fsp3) is 0.133. The van der Waals surface area contributed by atoms with Crippen molar-refractivity contribution in [2.45, 2.75) is 13.8 Å². The molecule has 0 fully saturated rings. The van der Waals surface area contributed by atoms with Crippen LogP contribution in [0, 0.1) is 31.0 Å². The van der Waals surface area contributed by atoms with Gasteiger partial charge >= 0.3 is 0 Å². The van der Waals surface area contributed by atoms with Gasteiger partial charge in [-0.05, 0) is 48.7 Å². The van der Waals surface area contributed by atoms with E-state index in [0.717, 1.165) is 16.7 Å². The van der Waals surface area contributed by atoms with E-state index in [4.69, 9.17) is 5.26 Å². The molecule has 0 heterocycles. The third kappa shape index (κ3) is 2.05. The monoisotopic (exact) mass is 225 g/mol. The van der Waals surface area contributed by atoms with Crippen molar-refractivity contribution >= 4 is 0 Å². The number of rotatable bonds is 1. The van der Waals surface area contributed by atoms with Crippen LogP contribution in [0.3, 0.4) is 0 Å². The number of hydrogen-bond acceptors (Lipinski definition) is 1. The Bertz CT molecular complexity index is 609. The van der Waals surface area contributed by atoms with Crippen molar-refractivity contribution < 1.29 is 4.39 Å². The van der Waals surface area contributed by atoms with Crippen molar-refractivity contribution in [1.29, 1.82) is 5.26 Å². The molecule has 0 N–H and O–H groups in total. The lowest BCUT2D eigenvalue weighted by Gasteiger charge is -2.10. The van der Waals surface area contributed by atoms with Crippen LogP contribution in [0.2, 0.25) is 0 Å². The molecule has 0 atom stereocenters. The number of hydrogen-bond donors (Lipinski definition) is 0. The molecule has 2 heteroatoms. The summed E-state index contributed by atoms with van der Waals surface area (Å²) in [6, 6.07) is 12.2. The highest BCUT2D eigenvalue weighted by molar-refractivity contribution is 5.74. The van der Waals surface area contributed by atoms with E-state index >= 15 is 0 Å². The highest BCUT2D eigenvalue weighted by Gasteiger charge is 2.09. The maximum absolute atomic E-state index is 13.3. The van der Waals surface area contributed by atoms with Crippen LogP contribution >= 0.6 is 0 Å². The van der Waals surface area contributed by atoms with Crippen LogP contribution in [0.25, 0.3) is 11.1 Å². The number of nitriles is 1. The van der Waals surface area contributed by atoms with Crippen molar-refractivity contribution in [2.24, 2.45) is 0 Å². The summed E-state index contributed by atoms with van der Waals surface area (Å²) in [7, 11) is 0. The van der Waals surface area contributed by atoms with Gasteiger partial charge in [0.25, 0.3) is 0 Å². The van der Waals surface area contributed by atoms with Crippen molar-refractivity contribution in [1.82, 2.24) is 0 Å². The van der Waals surface area contributed by atoms with E-state index in [2.05, 4.69) is 6.07 Å². The second-order valence-corrected chi connectivity index (χ2v) is 4.05. The van der Waals surface area contributed by atoms with E-state index in [1.165, 1.54) is 18.2 Å². The molecule has 0 aliphatic rings. The molecule has 0 saturated carbocycles. The largest absolute Gasteiger partial charge is 0.207 e. The smallest absolute Gasteiger partial charge is 0.123 e. The molecule has 2 aromatic carbocycles. The van der Waals surface area contributed by atoms with Gasteiger partial charge in [0.05, 0.1) is 11.6 Å². The average molecular weight is 225 g/mol. The Morgan fingerprint density at radius 2 is 1.82 bits per heavy atom. The highest BCUT2D eigenvalue weighted by atomic mass is 19.1. The lowest BCUT2D eigenvalue weighted by atomic mass is 9.94. The predicted octanol–water partition coefficient (Wildman–Crippen LogP) is 3.98. The Balaban J connectivity index is 2.72. The van der Waals surface area contributed by atoms with Crippen molar-refractivity contribution in [3.05, 3.63) is 58.9 Å². The maximum Gasteiger partial charge on any atom is 0.123 e. The Morgan fingerprint density at radius 1 is 1.06 bits per heavy atom. The summed E-state index contributed by atoms with van der Waals surface area (Å²) in [6.07, 6.45) is 0. The van der Waals surface area contributed by atoms with Gasteiger partial charge in [-0.25, -0.2) is 4.39 Å². The standard InChI is InChI=1S/C15H12FN/c1-10-4-3-5-14(11(10)2)15-8-13(16)7-6-12(15)9-17/h3-8H,1-2H3. The van der Waals surface area contributed by atoms with Gasteiger partial charge in [-0.15, -0.1) is 0 Å². The zero-order chi connectivity index (χ0) is 12.4. The molecule has 17 heavy (non-hydrogen) atoms. The average Bonchev–Trinajstić information content (AvgIpc) is 2.33. The number of aryl methyl sites for hydroxylation is 1. The molecule has 0 saturated heterocycles. The Kier molecular flexibility index (Phi) is 2.93. The molecular weight excluding hydrogens is 213 g/mol. The summed E-state index contributed by atoms with van der Waals surface area (Å²) in [4.78, 5) is 0. The van der Waals surface area contributed by atoms with Gasteiger partial charge in [0.1, 0.15) is 5.82 Å². The normalized spacial score (nSPS) is 10.0. The quantitative estimate of drug-likeness (QED) is 0.720. The minimum atomic E-state index is -0.320. The molecule has 2 aromatic rings. The summed E-state index contributed by atoms with van der Waals surface area (Å²) >= 11 is 0. The van der Waals surface area contributed by atoms with Crippen LogP contribution < -0.4 is 0 Å². The number of benzene rings is 2. The van der Waals surface area contributed by atoms with E-state index in [9.17, 15) is 4.39 Å². The van der Waals surface area contributed by atoms with Crippen molar-refractivity contribution in [3.63, 3.8) is 0 Å². The van der Waals surface area contributed by atoms with Gasteiger partial charge in [0.2, 0.25) is 0 Å². The molecule has 0 unspecified atom stereocenters. The molecule has 1 nitrogen and oxygen atoms in total. The third-order valence-electron chi connectivity index (χ3n) is 3.00. The Labute approximate surface area is 100 Å². The molecule has 0 bridgehead atoms. The number of nitrogens with zero attached hydrogens (tertiary/aromatic N) is 1. The van der Waals surface area contributed by atoms with E-state index in [-0.39, 0.29) is 5.82 Å². The summed E-state index contributed by atoms with van der Waals surface area (Å²) in [5.41, 5.74) is 4.29. The lowest BCUT2D eigenvalue weighted by molar-refractivity contribution is 0.628. The molecule has 0 radical (unpaired) electrons. The molecule has 0 aliphatic heterocycles. The molecule has 0 amide bonds. The lowest BCUT2D eigenvalue weighted by Crippen LogP contribution is -1.91. The van der Waals surface area contributed by atoms with E-state index in [1.807, 2.05) is 32.0 Å². The van der Waals surface area contributed by atoms with Gasteiger partial charge in [-0.2, -0.15) is 5.26 Å². The number of halogens is 1. The van der Waals surface area contributed by atoms with Gasteiger partial charge in [-0.3, -0.25) is 0 Å². The zero-order valence-electron chi connectivity index (χ0n) is 9.79. The van der Waals surface area contributed by atoms with Gasteiger partial charge < -0.3 is 0 Å². The Hall–Kier alpha value is -2.14. The van der Waals surface area contributed by atoms with Crippen molar-refractivity contribution in [2.75, 3.05) is 0 Å². The highest BCUT2D eigenvalue weighted by Crippen LogP contribution is 2.28. The first kappa shape index (κ1) is 11.3. The second kappa shape index (κ2) is 4.39. The minimum absolute atomic E-state index is 0.320. The van der Waals surface area contributed by atoms with Crippen molar-refractivity contribution in [3.8, 4) is 17.2 Å². The van der Waals surface area contributed by atoms with Crippen LogP contribution in [-0.4, -0.2) is 0 Å². The zero-order valence-corrected chi connectivity index (χ0v) is 9.79. The summed E-state index contributed by atoms with van der Waals surface area (Å²) in [5, 5.41) is 9.06. The molecular formula is C15H12FN. The third-order valence-corrected chi connectivity index (χ3v) is 3.00. The fourth-order valence-corrected chi connectivity index (χ4v) is 1.88. The molecule has 0 aromatic heterocycles. The van der Waals surface area contributed by atoms with E-state index < -0.39 is 0 Å².